The number of aromatic nitrogens is 1. The van der Waals surface area contributed by atoms with Crippen LogP contribution in [-0.4, -0.2) is 15.9 Å². The van der Waals surface area contributed by atoms with Gasteiger partial charge in [-0.05, 0) is 32.0 Å². The summed E-state index contributed by atoms with van der Waals surface area (Å²) in [7, 11) is 0. The first-order chi connectivity index (χ1) is 9.09. The van der Waals surface area contributed by atoms with Crippen molar-refractivity contribution in [2.45, 2.75) is 20.5 Å². The minimum Gasteiger partial charge on any atom is -0.507 e. The smallest absolute Gasteiger partial charge is 0.163 e. The molecular formula is C15H15NO3. The van der Waals surface area contributed by atoms with Crippen molar-refractivity contribution in [3.8, 4) is 11.5 Å². The molecule has 98 valence electrons. The molecule has 0 fully saturated rings. The van der Waals surface area contributed by atoms with Gasteiger partial charge in [-0.1, -0.05) is 6.07 Å². The highest BCUT2D eigenvalue weighted by molar-refractivity contribution is 5.97. The second-order valence-electron chi connectivity index (χ2n) is 4.29. The molecule has 0 spiro atoms. The second kappa shape index (κ2) is 5.52. The number of nitrogens with zero attached hydrogens (tertiary/aromatic N) is 1. The maximum absolute atomic E-state index is 11.3. The number of pyridine rings is 1. The zero-order valence-electron chi connectivity index (χ0n) is 10.9. The van der Waals surface area contributed by atoms with Crippen LogP contribution < -0.4 is 4.74 Å². The lowest BCUT2D eigenvalue weighted by Crippen LogP contribution is -2.00. The number of hydrogen-bond donors (Lipinski definition) is 1. The molecule has 1 heterocycles. The Morgan fingerprint density at radius 3 is 2.79 bits per heavy atom. The molecule has 0 aliphatic heterocycles. The predicted octanol–water partition coefficient (Wildman–Crippen LogP) is 2.88. The molecule has 0 unspecified atom stereocenters. The standard InChI is InChI=1S/C15H15NO3/c1-10-14(6-5-13(11(2)17)15(10)18)19-9-12-4-3-7-16-8-12/h3-8,18H,9H2,1-2H3. The van der Waals surface area contributed by atoms with E-state index < -0.39 is 0 Å². The average molecular weight is 257 g/mol. The minimum absolute atomic E-state index is 0.0174. The Hall–Kier alpha value is -2.36. The lowest BCUT2D eigenvalue weighted by atomic mass is 10.1. The van der Waals surface area contributed by atoms with Crippen LogP contribution in [0.3, 0.4) is 0 Å². The molecule has 0 radical (unpaired) electrons. The third-order valence-corrected chi connectivity index (χ3v) is 2.88. The minimum atomic E-state index is -0.167. The first-order valence-electron chi connectivity index (χ1n) is 5.95. The van der Waals surface area contributed by atoms with Gasteiger partial charge in [0.25, 0.3) is 0 Å². The summed E-state index contributed by atoms with van der Waals surface area (Å²) < 4.78 is 5.63. The van der Waals surface area contributed by atoms with E-state index in [9.17, 15) is 9.90 Å². The van der Waals surface area contributed by atoms with Gasteiger partial charge >= 0.3 is 0 Å². The fourth-order valence-electron chi connectivity index (χ4n) is 1.77. The van der Waals surface area contributed by atoms with Crippen LogP contribution in [0.25, 0.3) is 0 Å². The van der Waals surface area contributed by atoms with Crippen molar-refractivity contribution in [1.29, 1.82) is 0 Å². The number of hydrogen-bond acceptors (Lipinski definition) is 4. The van der Waals surface area contributed by atoms with Crippen LogP contribution >= 0.6 is 0 Å². The number of carbonyl (C=O) groups excluding carboxylic acids is 1. The molecule has 0 aliphatic carbocycles. The largest absolute Gasteiger partial charge is 0.507 e. The van der Waals surface area contributed by atoms with Crippen molar-refractivity contribution in [3.05, 3.63) is 53.3 Å². The van der Waals surface area contributed by atoms with Crippen molar-refractivity contribution in [2.24, 2.45) is 0 Å². The van der Waals surface area contributed by atoms with Gasteiger partial charge in [0.15, 0.2) is 5.78 Å². The van der Waals surface area contributed by atoms with E-state index in [1.54, 1.807) is 31.5 Å². The molecule has 0 atom stereocenters. The summed E-state index contributed by atoms with van der Waals surface area (Å²) in [6.07, 6.45) is 3.42. The first kappa shape index (κ1) is 13.1. The number of aromatic hydroxyl groups is 1. The van der Waals surface area contributed by atoms with Gasteiger partial charge in [-0.25, -0.2) is 0 Å². The van der Waals surface area contributed by atoms with Crippen molar-refractivity contribution in [3.63, 3.8) is 0 Å². The Balaban J connectivity index is 2.18. The lowest BCUT2D eigenvalue weighted by molar-refractivity contribution is 0.101. The van der Waals surface area contributed by atoms with Crippen LogP contribution in [0, 0.1) is 6.92 Å². The van der Waals surface area contributed by atoms with Gasteiger partial charge in [-0.3, -0.25) is 9.78 Å². The molecule has 0 aliphatic rings. The van der Waals surface area contributed by atoms with Crippen molar-refractivity contribution in [1.82, 2.24) is 4.98 Å². The normalized spacial score (nSPS) is 10.2. The predicted molar refractivity (Wildman–Crippen MR) is 71.4 cm³/mol. The number of ketones is 1. The number of ether oxygens (including phenoxy) is 1. The van der Waals surface area contributed by atoms with E-state index in [1.165, 1.54) is 6.92 Å². The Kier molecular flexibility index (Phi) is 3.80. The first-order valence-corrected chi connectivity index (χ1v) is 5.95. The highest BCUT2D eigenvalue weighted by Crippen LogP contribution is 2.31. The molecule has 0 saturated heterocycles. The van der Waals surface area contributed by atoms with Crippen LogP contribution in [0.15, 0.2) is 36.7 Å². The number of carbonyl (C=O) groups is 1. The summed E-state index contributed by atoms with van der Waals surface area (Å²) >= 11 is 0. The van der Waals surface area contributed by atoms with Gasteiger partial charge < -0.3 is 9.84 Å². The third kappa shape index (κ3) is 2.91. The molecule has 2 rings (SSSR count). The highest BCUT2D eigenvalue weighted by Gasteiger charge is 2.12. The maximum Gasteiger partial charge on any atom is 0.163 e. The zero-order chi connectivity index (χ0) is 13.8. The number of phenols is 1. The average Bonchev–Trinajstić information content (AvgIpc) is 2.41. The van der Waals surface area contributed by atoms with Crippen LogP contribution in [0.1, 0.15) is 28.4 Å². The zero-order valence-corrected chi connectivity index (χ0v) is 10.9. The van der Waals surface area contributed by atoms with Crippen molar-refractivity contribution in [2.75, 3.05) is 0 Å². The monoisotopic (exact) mass is 257 g/mol. The highest BCUT2D eigenvalue weighted by atomic mass is 16.5. The Labute approximate surface area is 111 Å². The second-order valence-corrected chi connectivity index (χ2v) is 4.29. The summed E-state index contributed by atoms with van der Waals surface area (Å²) in [6, 6.07) is 7.01. The Bertz CT molecular complexity index is 594. The fraction of sp³-hybridized carbons (Fsp3) is 0.200. The quantitative estimate of drug-likeness (QED) is 0.855. The van der Waals surface area contributed by atoms with Gasteiger partial charge in [0.05, 0.1) is 5.56 Å². The van der Waals surface area contributed by atoms with Crippen LogP contribution in [0.4, 0.5) is 0 Å². The van der Waals surface area contributed by atoms with E-state index in [1.807, 2.05) is 12.1 Å². The molecule has 19 heavy (non-hydrogen) atoms. The van der Waals surface area contributed by atoms with Crippen LogP contribution in [0.2, 0.25) is 0 Å². The molecule has 1 aromatic heterocycles. The van der Waals surface area contributed by atoms with E-state index in [0.717, 1.165) is 5.56 Å². The van der Waals surface area contributed by atoms with E-state index in [0.29, 0.717) is 23.5 Å². The van der Waals surface area contributed by atoms with Crippen LogP contribution in [-0.2, 0) is 6.61 Å². The molecule has 1 aromatic carbocycles. The molecule has 0 saturated carbocycles. The van der Waals surface area contributed by atoms with Gasteiger partial charge in [-0.2, -0.15) is 0 Å². The molecule has 4 heteroatoms. The van der Waals surface area contributed by atoms with Crippen molar-refractivity contribution >= 4 is 5.78 Å². The molecule has 4 nitrogen and oxygen atoms in total. The Morgan fingerprint density at radius 1 is 1.37 bits per heavy atom. The van der Waals surface area contributed by atoms with E-state index in [-0.39, 0.29) is 11.5 Å². The Morgan fingerprint density at radius 2 is 2.16 bits per heavy atom. The van der Waals surface area contributed by atoms with Crippen molar-refractivity contribution < 1.29 is 14.6 Å². The molecule has 2 aromatic rings. The lowest BCUT2D eigenvalue weighted by Gasteiger charge is -2.12. The SMILES string of the molecule is CC(=O)c1ccc(OCc2cccnc2)c(C)c1O. The number of Topliss-reactive ketones (excluding diaryl/α,β-unsaturated/α-hetero) is 1. The number of rotatable bonds is 4. The van der Waals surface area contributed by atoms with Gasteiger partial charge in [-0.15, -0.1) is 0 Å². The summed E-state index contributed by atoms with van der Waals surface area (Å²) in [5.74, 6) is 0.377. The van der Waals surface area contributed by atoms with E-state index in [4.69, 9.17) is 4.74 Å². The molecule has 0 amide bonds. The summed E-state index contributed by atoms with van der Waals surface area (Å²) in [4.78, 5) is 15.3. The number of benzene rings is 1. The molecule has 0 bridgehead atoms. The van der Waals surface area contributed by atoms with E-state index >= 15 is 0 Å². The topological polar surface area (TPSA) is 59.4 Å². The van der Waals surface area contributed by atoms with E-state index in [2.05, 4.69) is 4.98 Å². The van der Waals surface area contributed by atoms with Gasteiger partial charge in [0.2, 0.25) is 0 Å². The van der Waals surface area contributed by atoms with Gasteiger partial charge in [0, 0.05) is 23.5 Å². The summed E-state index contributed by atoms with van der Waals surface area (Å²) in [5, 5.41) is 9.93. The number of phenolic OH excluding ortho intramolecular Hbond substituents is 1. The third-order valence-electron chi connectivity index (χ3n) is 2.88. The molecular weight excluding hydrogens is 242 g/mol. The summed E-state index contributed by atoms with van der Waals surface area (Å²) in [5.41, 5.74) is 1.82. The molecule has 1 N–H and O–H groups in total. The van der Waals surface area contributed by atoms with Crippen LogP contribution in [0.5, 0.6) is 11.5 Å². The van der Waals surface area contributed by atoms with Gasteiger partial charge in [0.1, 0.15) is 18.1 Å². The fourth-order valence-corrected chi connectivity index (χ4v) is 1.77. The maximum atomic E-state index is 11.3. The summed E-state index contributed by atoms with van der Waals surface area (Å²) in [6.45, 7) is 3.51.